The number of nitrogens with one attached hydrogen (secondary N) is 1. The first kappa shape index (κ1) is 19.6. The van der Waals surface area contributed by atoms with Crippen LogP contribution in [0.5, 0.6) is 5.75 Å². The number of aliphatic hydroxyl groups excluding tert-OH is 2. The van der Waals surface area contributed by atoms with E-state index in [2.05, 4.69) is 36.5 Å². The van der Waals surface area contributed by atoms with Crippen LogP contribution in [-0.2, 0) is 6.54 Å². The Kier molecular flexibility index (Phi) is 6.32. The van der Waals surface area contributed by atoms with Gasteiger partial charge in [-0.25, -0.2) is 0 Å². The van der Waals surface area contributed by atoms with Crippen molar-refractivity contribution in [3.63, 3.8) is 0 Å². The highest BCUT2D eigenvalue weighted by Gasteiger charge is 2.23. The molecule has 4 heteroatoms. The van der Waals surface area contributed by atoms with Gasteiger partial charge < -0.3 is 20.3 Å². The van der Waals surface area contributed by atoms with Gasteiger partial charge in [0, 0.05) is 17.3 Å². The average Bonchev–Trinajstić information content (AvgIpc) is 2.72. The zero-order chi connectivity index (χ0) is 19.3. The van der Waals surface area contributed by atoms with E-state index in [4.69, 9.17) is 4.74 Å². The molecular formula is C23H29NO3. The molecule has 0 fully saturated rings. The van der Waals surface area contributed by atoms with E-state index in [0.717, 1.165) is 45.7 Å². The molecule has 0 heterocycles. The Labute approximate surface area is 160 Å². The average molecular weight is 367 g/mol. The summed E-state index contributed by atoms with van der Waals surface area (Å²) in [6.07, 6.45) is 2.12. The molecule has 0 amide bonds. The molecule has 4 nitrogen and oxygen atoms in total. The van der Waals surface area contributed by atoms with Gasteiger partial charge in [-0.3, -0.25) is 0 Å². The summed E-state index contributed by atoms with van der Waals surface area (Å²) >= 11 is 0. The first-order valence-corrected chi connectivity index (χ1v) is 9.65. The molecule has 3 aromatic rings. The Bertz CT molecular complexity index is 846. The summed E-state index contributed by atoms with van der Waals surface area (Å²) < 4.78 is 6.22. The third-order valence-electron chi connectivity index (χ3n) is 5.13. The SMILES string of the molecule is CCCCOc1c2ccccc2c(CNC(C)(CO)CO)c2ccccc12. The van der Waals surface area contributed by atoms with Gasteiger partial charge >= 0.3 is 0 Å². The van der Waals surface area contributed by atoms with Crippen LogP contribution < -0.4 is 10.1 Å². The first-order valence-electron chi connectivity index (χ1n) is 9.65. The molecular weight excluding hydrogens is 338 g/mol. The minimum absolute atomic E-state index is 0.127. The van der Waals surface area contributed by atoms with Crippen molar-refractivity contribution in [3.8, 4) is 5.75 Å². The van der Waals surface area contributed by atoms with Crippen molar-refractivity contribution in [1.29, 1.82) is 0 Å². The van der Waals surface area contributed by atoms with Gasteiger partial charge in [0.25, 0.3) is 0 Å². The monoisotopic (exact) mass is 367 g/mol. The van der Waals surface area contributed by atoms with E-state index in [1.807, 2.05) is 31.2 Å². The molecule has 0 aliphatic heterocycles. The normalized spacial score (nSPS) is 12.0. The lowest BCUT2D eigenvalue weighted by atomic mass is 9.94. The van der Waals surface area contributed by atoms with Crippen molar-refractivity contribution in [1.82, 2.24) is 5.32 Å². The van der Waals surface area contributed by atoms with Gasteiger partial charge in [-0.05, 0) is 29.7 Å². The van der Waals surface area contributed by atoms with E-state index >= 15 is 0 Å². The molecule has 0 aliphatic carbocycles. The van der Waals surface area contributed by atoms with E-state index in [-0.39, 0.29) is 13.2 Å². The molecule has 0 aliphatic rings. The van der Waals surface area contributed by atoms with Gasteiger partial charge in [0.05, 0.1) is 25.4 Å². The molecule has 0 saturated heterocycles. The van der Waals surface area contributed by atoms with Crippen molar-refractivity contribution in [2.24, 2.45) is 0 Å². The highest BCUT2D eigenvalue weighted by Crippen LogP contribution is 2.38. The Morgan fingerprint density at radius 2 is 1.41 bits per heavy atom. The zero-order valence-electron chi connectivity index (χ0n) is 16.2. The quantitative estimate of drug-likeness (QED) is 0.395. The van der Waals surface area contributed by atoms with Gasteiger partial charge in [0.2, 0.25) is 0 Å². The van der Waals surface area contributed by atoms with Crippen LogP contribution in [0.25, 0.3) is 21.5 Å². The highest BCUT2D eigenvalue weighted by molar-refractivity contribution is 6.08. The minimum atomic E-state index is -0.724. The minimum Gasteiger partial charge on any atom is -0.492 e. The molecule has 3 N–H and O–H groups in total. The Balaban J connectivity index is 2.14. The smallest absolute Gasteiger partial charge is 0.134 e. The fourth-order valence-corrected chi connectivity index (χ4v) is 3.31. The molecule has 144 valence electrons. The maximum Gasteiger partial charge on any atom is 0.134 e. The van der Waals surface area contributed by atoms with Crippen LogP contribution in [0, 0.1) is 0 Å². The molecule has 27 heavy (non-hydrogen) atoms. The first-order chi connectivity index (χ1) is 13.1. The van der Waals surface area contributed by atoms with Gasteiger partial charge in [0.15, 0.2) is 0 Å². The molecule has 3 rings (SSSR count). The van der Waals surface area contributed by atoms with Gasteiger partial charge in [-0.1, -0.05) is 61.9 Å². The van der Waals surface area contributed by atoms with Crippen LogP contribution in [0.1, 0.15) is 32.3 Å². The lowest BCUT2D eigenvalue weighted by Gasteiger charge is -2.27. The summed E-state index contributed by atoms with van der Waals surface area (Å²) in [7, 11) is 0. The number of fused-ring (bicyclic) bond motifs is 2. The summed E-state index contributed by atoms with van der Waals surface area (Å²) in [5.41, 5.74) is 0.426. The van der Waals surface area contributed by atoms with E-state index in [0.29, 0.717) is 13.2 Å². The highest BCUT2D eigenvalue weighted by atomic mass is 16.5. The Hall–Kier alpha value is -2.14. The molecule has 0 bridgehead atoms. The Morgan fingerprint density at radius 3 is 1.89 bits per heavy atom. The largest absolute Gasteiger partial charge is 0.492 e. The van der Waals surface area contributed by atoms with E-state index in [9.17, 15) is 10.2 Å². The second-order valence-electron chi connectivity index (χ2n) is 7.33. The number of aliphatic hydroxyl groups is 2. The zero-order valence-corrected chi connectivity index (χ0v) is 16.2. The summed E-state index contributed by atoms with van der Waals surface area (Å²) in [6, 6.07) is 16.6. The molecule has 0 saturated carbocycles. The van der Waals surface area contributed by atoms with Gasteiger partial charge in [-0.2, -0.15) is 0 Å². The number of hydrogen-bond donors (Lipinski definition) is 3. The van der Waals surface area contributed by atoms with E-state index in [1.165, 1.54) is 0 Å². The van der Waals surface area contributed by atoms with E-state index in [1.54, 1.807) is 0 Å². The lowest BCUT2D eigenvalue weighted by molar-refractivity contribution is 0.103. The van der Waals surface area contributed by atoms with Crippen molar-refractivity contribution < 1.29 is 14.9 Å². The molecule has 0 unspecified atom stereocenters. The fourth-order valence-electron chi connectivity index (χ4n) is 3.31. The van der Waals surface area contributed by atoms with Crippen LogP contribution in [0.3, 0.4) is 0 Å². The summed E-state index contributed by atoms with van der Waals surface area (Å²) in [6.45, 7) is 4.98. The van der Waals surface area contributed by atoms with Crippen molar-refractivity contribution in [2.45, 2.75) is 38.8 Å². The van der Waals surface area contributed by atoms with Crippen LogP contribution in [0.2, 0.25) is 0 Å². The molecule has 0 atom stereocenters. The number of unbranched alkanes of at least 4 members (excludes halogenated alkanes) is 1. The predicted octanol–water partition coefficient (Wildman–Crippen LogP) is 4.00. The molecule has 0 aromatic heterocycles. The van der Waals surface area contributed by atoms with Crippen LogP contribution >= 0.6 is 0 Å². The number of ether oxygens (including phenoxy) is 1. The van der Waals surface area contributed by atoms with Gasteiger partial charge in [-0.15, -0.1) is 0 Å². The maximum atomic E-state index is 9.61. The number of benzene rings is 3. The van der Waals surface area contributed by atoms with Crippen LogP contribution in [-0.4, -0.2) is 35.6 Å². The molecule has 0 spiro atoms. The predicted molar refractivity (Wildman–Crippen MR) is 111 cm³/mol. The second kappa shape index (κ2) is 8.70. The van der Waals surface area contributed by atoms with E-state index < -0.39 is 5.54 Å². The van der Waals surface area contributed by atoms with Gasteiger partial charge in [0.1, 0.15) is 5.75 Å². The fraction of sp³-hybridized carbons (Fsp3) is 0.391. The standard InChI is InChI=1S/C23H29NO3/c1-3-4-13-27-22-19-11-7-5-9-17(19)21(14-24-23(2,15-25)16-26)18-10-6-8-12-20(18)22/h5-12,24-26H,3-4,13-16H2,1-2H3. The van der Waals surface area contributed by atoms with Crippen LogP contribution in [0.15, 0.2) is 48.5 Å². The summed E-state index contributed by atoms with van der Waals surface area (Å²) in [4.78, 5) is 0. The Morgan fingerprint density at radius 1 is 0.889 bits per heavy atom. The van der Waals surface area contributed by atoms with Crippen molar-refractivity contribution >= 4 is 21.5 Å². The summed E-state index contributed by atoms with van der Waals surface area (Å²) in [5.74, 6) is 0.936. The third kappa shape index (κ3) is 4.08. The third-order valence-corrected chi connectivity index (χ3v) is 5.13. The molecule has 3 aromatic carbocycles. The van der Waals surface area contributed by atoms with Crippen LogP contribution in [0.4, 0.5) is 0 Å². The van der Waals surface area contributed by atoms with Crippen molar-refractivity contribution in [2.75, 3.05) is 19.8 Å². The maximum absolute atomic E-state index is 9.61. The number of rotatable bonds is 9. The second-order valence-corrected chi connectivity index (χ2v) is 7.33. The molecule has 0 radical (unpaired) electrons. The number of hydrogen-bond acceptors (Lipinski definition) is 4. The topological polar surface area (TPSA) is 61.7 Å². The summed E-state index contributed by atoms with van der Waals surface area (Å²) in [5, 5.41) is 27.0. The van der Waals surface area contributed by atoms with Crippen molar-refractivity contribution in [3.05, 3.63) is 54.1 Å². The lowest BCUT2D eigenvalue weighted by Crippen LogP contribution is -2.48.